The van der Waals surface area contributed by atoms with Gasteiger partial charge in [-0.1, -0.05) is 20.3 Å². The topological polar surface area (TPSA) is 62.6 Å². The van der Waals surface area contributed by atoms with Gasteiger partial charge in [0.1, 0.15) is 5.76 Å². The molecular formula is C13H22N2O3S. The Balaban J connectivity index is 2.09. The number of rotatable bonds is 6. The van der Waals surface area contributed by atoms with Gasteiger partial charge in [-0.15, -0.1) is 0 Å². The second-order valence-corrected chi connectivity index (χ2v) is 6.80. The van der Waals surface area contributed by atoms with Gasteiger partial charge in [0.2, 0.25) is 5.09 Å². The van der Waals surface area contributed by atoms with E-state index in [1.54, 1.807) is 12.1 Å². The van der Waals surface area contributed by atoms with E-state index in [2.05, 4.69) is 12.2 Å². The molecule has 1 unspecified atom stereocenters. The quantitative estimate of drug-likeness (QED) is 0.866. The molecule has 0 aliphatic carbocycles. The van der Waals surface area contributed by atoms with Crippen molar-refractivity contribution in [3.8, 4) is 0 Å². The minimum Gasteiger partial charge on any atom is -0.447 e. The second kappa shape index (κ2) is 6.07. The van der Waals surface area contributed by atoms with Gasteiger partial charge in [-0.25, -0.2) is 8.42 Å². The Morgan fingerprint density at radius 3 is 2.84 bits per heavy atom. The molecule has 1 aliphatic rings. The molecule has 0 amide bonds. The van der Waals surface area contributed by atoms with E-state index in [0.29, 0.717) is 31.3 Å². The highest BCUT2D eigenvalue weighted by Crippen LogP contribution is 2.26. The lowest BCUT2D eigenvalue weighted by Gasteiger charge is -2.14. The number of hydrogen-bond donors (Lipinski definition) is 1. The van der Waals surface area contributed by atoms with Crippen LogP contribution in [-0.2, 0) is 16.6 Å². The fraction of sp³-hybridized carbons (Fsp3) is 0.692. The minimum atomic E-state index is -3.45. The average molecular weight is 286 g/mol. The average Bonchev–Trinajstić information content (AvgIpc) is 3.05. The second-order valence-electron chi connectivity index (χ2n) is 4.93. The van der Waals surface area contributed by atoms with Crippen LogP contribution in [0.15, 0.2) is 21.6 Å². The van der Waals surface area contributed by atoms with Gasteiger partial charge < -0.3 is 9.73 Å². The SMILES string of the molecule is CCNCc1ccc(S(=O)(=O)N2CCC(CC)C2)o1. The molecule has 108 valence electrons. The Kier molecular flexibility index (Phi) is 4.65. The molecule has 2 heterocycles. The Bertz CT molecular complexity index is 510. The molecule has 2 rings (SSSR count). The van der Waals surface area contributed by atoms with E-state index in [1.807, 2.05) is 6.92 Å². The van der Waals surface area contributed by atoms with Crippen LogP contribution < -0.4 is 5.32 Å². The van der Waals surface area contributed by atoms with Gasteiger partial charge in [0.05, 0.1) is 6.54 Å². The molecule has 1 saturated heterocycles. The molecule has 1 atom stereocenters. The summed E-state index contributed by atoms with van der Waals surface area (Å²) in [6.07, 6.45) is 1.97. The first-order valence-corrected chi connectivity index (χ1v) is 8.31. The van der Waals surface area contributed by atoms with Crippen molar-refractivity contribution in [1.29, 1.82) is 0 Å². The normalized spacial score (nSPS) is 21.1. The van der Waals surface area contributed by atoms with Crippen LogP contribution in [0.3, 0.4) is 0 Å². The lowest BCUT2D eigenvalue weighted by atomic mass is 10.1. The van der Waals surface area contributed by atoms with E-state index in [-0.39, 0.29) is 5.09 Å². The highest BCUT2D eigenvalue weighted by molar-refractivity contribution is 7.89. The Morgan fingerprint density at radius 1 is 1.42 bits per heavy atom. The van der Waals surface area contributed by atoms with Crippen molar-refractivity contribution in [2.75, 3.05) is 19.6 Å². The monoisotopic (exact) mass is 286 g/mol. The van der Waals surface area contributed by atoms with Crippen LogP contribution in [0.4, 0.5) is 0 Å². The number of nitrogens with one attached hydrogen (secondary N) is 1. The molecule has 0 spiro atoms. The molecule has 0 bridgehead atoms. The third-order valence-electron chi connectivity index (χ3n) is 3.61. The summed E-state index contributed by atoms with van der Waals surface area (Å²) in [5.41, 5.74) is 0. The maximum Gasteiger partial charge on any atom is 0.276 e. The van der Waals surface area contributed by atoms with E-state index < -0.39 is 10.0 Å². The molecule has 1 aromatic rings. The highest BCUT2D eigenvalue weighted by Gasteiger charge is 2.33. The molecule has 0 radical (unpaired) electrons. The maximum absolute atomic E-state index is 12.4. The smallest absolute Gasteiger partial charge is 0.276 e. The summed E-state index contributed by atoms with van der Waals surface area (Å²) < 4.78 is 31.8. The first-order chi connectivity index (χ1) is 9.07. The highest BCUT2D eigenvalue weighted by atomic mass is 32.2. The van der Waals surface area contributed by atoms with Gasteiger partial charge in [-0.2, -0.15) is 4.31 Å². The van der Waals surface area contributed by atoms with E-state index in [4.69, 9.17) is 4.42 Å². The Morgan fingerprint density at radius 2 is 2.21 bits per heavy atom. The summed E-state index contributed by atoms with van der Waals surface area (Å²) in [5.74, 6) is 1.14. The van der Waals surface area contributed by atoms with Crippen molar-refractivity contribution >= 4 is 10.0 Å². The zero-order chi connectivity index (χ0) is 13.9. The van der Waals surface area contributed by atoms with E-state index in [0.717, 1.165) is 19.4 Å². The van der Waals surface area contributed by atoms with Crippen LogP contribution >= 0.6 is 0 Å². The summed E-state index contributed by atoms with van der Waals surface area (Å²) in [6, 6.07) is 3.28. The van der Waals surface area contributed by atoms with Crippen LogP contribution in [0, 0.1) is 5.92 Å². The summed E-state index contributed by atoms with van der Waals surface area (Å²) in [4.78, 5) is 0. The Hall–Kier alpha value is -0.850. The van der Waals surface area contributed by atoms with Crippen molar-refractivity contribution in [2.45, 2.75) is 38.3 Å². The summed E-state index contributed by atoms with van der Waals surface area (Å²) >= 11 is 0. The molecular weight excluding hydrogens is 264 g/mol. The van der Waals surface area contributed by atoms with Crippen LogP contribution in [-0.4, -0.2) is 32.4 Å². The predicted molar refractivity (Wildman–Crippen MR) is 73.2 cm³/mol. The molecule has 1 aliphatic heterocycles. The zero-order valence-corrected chi connectivity index (χ0v) is 12.4. The van der Waals surface area contributed by atoms with Gasteiger partial charge >= 0.3 is 0 Å². The van der Waals surface area contributed by atoms with Crippen LogP contribution in [0.25, 0.3) is 0 Å². The van der Waals surface area contributed by atoms with Gasteiger partial charge in [0, 0.05) is 13.1 Å². The third-order valence-corrected chi connectivity index (χ3v) is 5.35. The first kappa shape index (κ1) is 14.6. The summed E-state index contributed by atoms with van der Waals surface area (Å²) in [6.45, 7) is 6.70. The molecule has 6 heteroatoms. The summed E-state index contributed by atoms with van der Waals surface area (Å²) in [7, 11) is -3.45. The molecule has 1 fully saturated rings. The van der Waals surface area contributed by atoms with E-state index >= 15 is 0 Å². The molecule has 1 N–H and O–H groups in total. The van der Waals surface area contributed by atoms with Crippen LogP contribution in [0.1, 0.15) is 32.4 Å². The fourth-order valence-corrected chi connectivity index (χ4v) is 3.78. The van der Waals surface area contributed by atoms with Gasteiger partial charge in [0.25, 0.3) is 10.0 Å². The number of nitrogens with zero attached hydrogens (tertiary/aromatic N) is 1. The van der Waals surface area contributed by atoms with E-state index in [1.165, 1.54) is 4.31 Å². The van der Waals surface area contributed by atoms with Crippen molar-refractivity contribution in [1.82, 2.24) is 9.62 Å². The number of furan rings is 1. The van der Waals surface area contributed by atoms with Crippen molar-refractivity contribution in [3.63, 3.8) is 0 Å². The maximum atomic E-state index is 12.4. The Labute approximate surface area is 115 Å². The van der Waals surface area contributed by atoms with Crippen LogP contribution in [0.5, 0.6) is 0 Å². The molecule has 0 saturated carbocycles. The number of sulfonamides is 1. The fourth-order valence-electron chi connectivity index (χ4n) is 2.32. The zero-order valence-electron chi connectivity index (χ0n) is 11.6. The number of hydrogen-bond acceptors (Lipinski definition) is 4. The lowest BCUT2D eigenvalue weighted by Crippen LogP contribution is -2.28. The molecule has 5 nitrogen and oxygen atoms in total. The van der Waals surface area contributed by atoms with Gasteiger partial charge in [-0.3, -0.25) is 0 Å². The van der Waals surface area contributed by atoms with Crippen LogP contribution in [0.2, 0.25) is 0 Å². The van der Waals surface area contributed by atoms with Gasteiger partial charge in [-0.05, 0) is 31.0 Å². The largest absolute Gasteiger partial charge is 0.447 e. The third kappa shape index (κ3) is 3.19. The van der Waals surface area contributed by atoms with Crippen molar-refractivity contribution < 1.29 is 12.8 Å². The summed E-state index contributed by atoms with van der Waals surface area (Å²) in [5, 5.41) is 3.18. The van der Waals surface area contributed by atoms with Crippen molar-refractivity contribution in [2.24, 2.45) is 5.92 Å². The minimum absolute atomic E-state index is 0.0668. The van der Waals surface area contributed by atoms with Gasteiger partial charge in [0.15, 0.2) is 0 Å². The molecule has 0 aromatic carbocycles. The van der Waals surface area contributed by atoms with E-state index in [9.17, 15) is 8.42 Å². The molecule has 19 heavy (non-hydrogen) atoms. The predicted octanol–water partition coefficient (Wildman–Crippen LogP) is 1.81. The van der Waals surface area contributed by atoms with Crippen molar-refractivity contribution in [3.05, 3.63) is 17.9 Å². The lowest BCUT2D eigenvalue weighted by molar-refractivity contribution is 0.378. The molecule has 1 aromatic heterocycles. The standard InChI is InChI=1S/C13H22N2O3S/c1-3-11-7-8-15(10-11)19(16,17)13-6-5-12(18-13)9-14-4-2/h5-6,11,14H,3-4,7-10H2,1-2H3. The first-order valence-electron chi connectivity index (χ1n) is 6.87.